The van der Waals surface area contributed by atoms with Crippen molar-refractivity contribution in [1.82, 2.24) is 4.57 Å². The van der Waals surface area contributed by atoms with E-state index in [1.165, 1.54) is 28.8 Å². The number of hydrogen-bond acceptors (Lipinski definition) is 5. The monoisotopic (exact) mass is 374 g/mol. The van der Waals surface area contributed by atoms with Crippen molar-refractivity contribution in [3.8, 4) is 5.69 Å². The molecule has 3 aromatic rings. The number of nitro groups is 1. The lowest BCUT2D eigenvalue weighted by Crippen LogP contribution is -2.21. The summed E-state index contributed by atoms with van der Waals surface area (Å²) in [5, 5.41) is 10.6. The Morgan fingerprint density at radius 2 is 1.81 bits per heavy atom. The minimum Gasteiger partial charge on any atom is -0.462 e. The predicted octanol–water partition coefficient (Wildman–Crippen LogP) is 3.35. The third-order valence-electron chi connectivity index (χ3n) is 3.88. The molecule has 0 aliphatic heterocycles. The molecule has 0 spiro atoms. The summed E-state index contributed by atoms with van der Waals surface area (Å²) >= 11 is 0. The molecule has 0 saturated heterocycles. The summed E-state index contributed by atoms with van der Waals surface area (Å²) in [4.78, 5) is 34.9. The molecule has 1 heterocycles. The van der Waals surface area contributed by atoms with Crippen LogP contribution in [0.15, 0.2) is 47.4 Å². The van der Waals surface area contributed by atoms with Gasteiger partial charge >= 0.3 is 5.97 Å². The molecule has 0 aliphatic rings. The first-order valence-electron chi connectivity index (χ1n) is 7.80. The van der Waals surface area contributed by atoms with E-state index in [2.05, 4.69) is 0 Å². The Morgan fingerprint density at radius 1 is 1.19 bits per heavy atom. The lowest BCUT2D eigenvalue weighted by molar-refractivity contribution is -0.384. The number of non-ortho nitro benzene ring substituents is 1. The number of pyridine rings is 1. The predicted molar refractivity (Wildman–Crippen MR) is 92.1 cm³/mol. The molecule has 3 rings (SSSR count). The fourth-order valence-electron chi connectivity index (χ4n) is 2.62. The number of benzene rings is 2. The van der Waals surface area contributed by atoms with E-state index < -0.39 is 28.0 Å². The summed E-state index contributed by atoms with van der Waals surface area (Å²) in [5.74, 6) is -3.33. The van der Waals surface area contributed by atoms with Gasteiger partial charge in [0, 0.05) is 30.1 Å². The van der Waals surface area contributed by atoms with Gasteiger partial charge in [-0.25, -0.2) is 13.6 Å². The Labute approximate surface area is 150 Å². The van der Waals surface area contributed by atoms with Gasteiger partial charge in [-0.3, -0.25) is 14.9 Å². The summed E-state index contributed by atoms with van der Waals surface area (Å²) < 4.78 is 33.5. The van der Waals surface area contributed by atoms with Crippen LogP contribution in [-0.2, 0) is 4.74 Å². The maximum absolute atomic E-state index is 13.8. The van der Waals surface area contributed by atoms with Crippen molar-refractivity contribution in [3.05, 3.63) is 80.1 Å². The summed E-state index contributed by atoms with van der Waals surface area (Å²) in [7, 11) is 0. The number of carbonyl (C=O) groups is 1. The van der Waals surface area contributed by atoms with Crippen LogP contribution in [0.4, 0.5) is 14.5 Å². The zero-order chi connectivity index (χ0) is 19.7. The summed E-state index contributed by atoms with van der Waals surface area (Å²) in [6.07, 6.45) is 1.14. The molecule has 0 N–H and O–H groups in total. The molecule has 0 atom stereocenters. The lowest BCUT2D eigenvalue weighted by Gasteiger charge is -2.13. The van der Waals surface area contributed by atoms with Crippen molar-refractivity contribution in [2.75, 3.05) is 6.61 Å². The Balaban J connectivity index is 2.34. The van der Waals surface area contributed by atoms with E-state index in [1.807, 2.05) is 0 Å². The number of nitrogens with zero attached hydrogens (tertiary/aromatic N) is 2. The molecule has 0 bridgehead atoms. The fourth-order valence-corrected chi connectivity index (χ4v) is 2.62. The second-order valence-corrected chi connectivity index (χ2v) is 5.52. The maximum Gasteiger partial charge on any atom is 0.343 e. The van der Waals surface area contributed by atoms with Gasteiger partial charge in [0.1, 0.15) is 5.56 Å². The number of aromatic nitrogens is 1. The van der Waals surface area contributed by atoms with E-state index in [-0.39, 0.29) is 28.8 Å². The van der Waals surface area contributed by atoms with Crippen LogP contribution in [0.5, 0.6) is 0 Å². The minimum atomic E-state index is -1.24. The fraction of sp³-hybridized carbons (Fsp3) is 0.111. The molecule has 1 aromatic heterocycles. The first-order chi connectivity index (χ1) is 12.8. The van der Waals surface area contributed by atoms with Crippen LogP contribution in [0, 0.1) is 21.7 Å². The van der Waals surface area contributed by atoms with Gasteiger partial charge in [0.2, 0.25) is 5.43 Å². The standard InChI is InChI=1S/C18H12F2N2O5/c1-2-27-18(24)13-9-21(10-3-5-11(6-4-10)22(25)26)16-8-15(20)14(19)7-12(16)17(13)23/h3-9H,2H2,1H3. The molecule has 0 amide bonds. The van der Waals surface area contributed by atoms with Gasteiger partial charge in [-0.05, 0) is 25.1 Å². The molecular weight excluding hydrogens is 362 g/mol. The average molecular weight is 374 g/mol. The van der Waals surface area contributed by atoms with Crippen LogP contribution in [0.3, 0.4) is 0 Å². The molecule has 2 aromatic carbocycles. The van der Waals surface area contributed by atoms with Crippen molar-refractivity contribution in [1.29, 1.82) is 0 Å². The number of rotatable bonds is 4. The number of nitro benzene ring substituents is 1. The van der Waals surface area contributed by atoms with Crippen LogP contribution >= 0.6 is 0 Å². The van der Waals surface area contributed by atoms with Crippen molar-refractivity contribution in [2.45, 2.75) is 6.92 Å². The molecule has 0 saturated carbocycles. The summed E-state index contributed by atoms with van der Waals surface area (Å²) in [6, 6.07) is 6.67. The Kier molecular flexibility index (Phi) is 4.68. The minimum absolute atomic E-state index is 0.000742. The maximum atomic E-state index is 13.8. The van der Waals surface area contributed by atoms with Crippen LogP contribution in [0.2, 0.25) is 0 Å². The Hall–Kier alpha value is -3.62. The topological polar surface area (TPSA) is 91.4 Å². The van der Waals surface area contributed by atoms with Crippen LogP contribution in [-0.4, -0.2) is 22.1 Å². The highest BCUT2D eigenvalue weighted by Gasteiger charge is 2.19. The summed E-state index contributed by atoms with van der Waals surface area (Å²) in [6.45, 7) is 1.58. The molecule has 27 heavy (non-hydrogen) atoms. The molecule has 0 aliphatic carbocycles. The second kappa shape index (κ2) is 6.94. The smallest absolute Gasteiger partial charge is 0.343 e. The van der Waals surface area contributed by atoms with E-state index >= 15 is 0 Å². The first kappa shape index (κ1) is 18.2. The van der Waals surface area contributed by atoms with E-state index in [0.29, 0.717) is 11.8 Å². The van der Waals surface area contributed by atoms with Gasteiger partial charge in [-0.1, -0.05) is 0 Å². The number of fused-ring (bicyclic) bond motifs is 1. The van der Waals surface area contributed by atoms with Gasteiger partial charge in [0.15, 0.2) is 11.6 Å². The second-order valence-electron chi connectivity index (χ2n) is 5.52. The average Bonchev–Trinajstić information content (AvgIpc) is 2.64. The van der Waals surface area contributed by atoms with E-state index in [4.69, 9.17) is 4.74 Å². The van der Waals surface area contributed by atoms with Crippen LogP contribution < -0.4 is 5.43 Å². The van der Waals surface area contributed by atoms with Gasteiger partial charge < -0.3 is 9.30 Å². The molecule has 7 nitrogen and oxygen atoms in total. The third-order valence-corrected chi connectivity index (χ3v) is 3.88. The number of hydrogen-bond donors (Lipinski definition) is 0. The molecule has 0 unspecified atom stereocenters. The third kappa shape index (κ3) is 3.26. The zero-order valence-electron chi connectivity index (χ0n) is 13.9. The summed E-state index contributed by atoms with van der Waals surface area (Å²) in [5.41, 5.74) is -1.04. The van der Waals surface area contributed by atoms with Crippen LogP contribution in [0.1, 0.15) is 17.3 Å². The van der Waals surface area contributed by atoms with E-state index in [1.54, 1.807) is 6.92 Å². The van der Waals surface area contributed by atoms with Gasteiger partial charge in [0.25, 0.3) is 5.69 Å². The van der Waals surface area contributed by atoms with Crippen molar-refractivity contribution >= 4 is 22.6 Å². The molecular formula is C18H12F2N2O5. The molecule has 0 fully saturated rings. The highest BCUT2D eigenvalue weighted by Crippen LogP contribution is 2.22. The number of halogens is 2. The molecule has 9 heteroatoms. The first-order valence-corrected chi connectivity index (χ1v) is 7.80. The van der Waals surface area contributed by atoms with E-state index in [9.17, 15) is 28.5 Å². The van der Waals surface area contributed by atoms with Crippen molar-refractivity contribution in [2.24, 2.45) is 0 Å². The Bertz CT molecular complexity index is 1120. The molecule has 138 valence electrons. The number of carbonyl (C=O) groups excluding carboxylic acids is 1. The van der Waals surface area contributed by atoms with E-state index in [0.717, 1.165) is 12.3 Å². The van der Waals surface area contributed by atoms with Crippen molar-refractivity contribution < 1.29 is 23.2 Å². The lowest BCUT2D eigenvalue weighted by atomic mass is 10.1. The highest BCUT2D eigenvalue weighted by molar-refractivity contribution is 5.94. The zero-order valence-corrected chi connectivity index (χ0v) is 13.9. The Morgan fingerprint density at radius 3 is 2.41 bits per heavy atom. The van der Waals surface area contributed by atoms with Crippen LogP contribution in [0.25, 0.3) is 16.6 Å². The highest BCUT2D eigenvalue weighted by atomic mass is 19.2. The SMILES string of the molecule is CCOC(=O)c1cn(-c2ccc([N+](=O)[O-])cc2)c2cc(F)c(F)cc2c1=O. The van der Waals surface area contributed by atoms with Gasteiger partial charge in [-0.15, -0.1) is 0 Å². The number of esters is 1. The normalized spacial score (nSPS) is 10.8. The molecule has 0 radical (unpaired) electrons. The largest absolute Gasteiger partial charge is 0.462 e. The van der Waals surface area contributed by atoms with Crippen molar-refractivity contribution in [3.63, 3.8) is 0 Å². The quantitative estimate of drug-likeness (QED) is 0.397. The van der Waals surface area contributed by atoms with Gasteiger partial charge in [-0.2, -0.15) is 0 Å². The van der Waals surface area contributed by atoms with Gasteiger partial charge in [0.05, 0.1) is 22.4 Å². The number of ether oxygens (including phenoxy) is 1.